The molecule has 0 aromatic carbocycles. The maximum atomic E-state index is 5.60. The van der Waals surface area contributed by atoms with Crippen LogP contribution in [0.15, 0.2) is 18.3 Å². The summed E-state index contributed by atoms with van der Waals surface area (Å²) >= 11 is 0. The van der Waals surface area contributed by atoms with E-state index in [0.717, 1.165) is 30.6 Å². The summed E-state index contributed by atoms with van der Waals surface area (Å²) in [6, 6.07) is 4.18. The van der Waals surface area contributed by atoms with E-state index in [1.54, 1.807) is 0 Å². The molecule has 0 saturated heterocycles. The maximum Gasteiger partial charge on any atom is 0.0552 e. The molecule has 0 aliphatic rings. The average Bonchev–Trinajstić information content (AvgIpc) is 2.38. The molecule has 19 heavy (non-hydrogen) atoms. The van der Waals surface area contributed by atoms with Gasteiger partial charge in [0.2, 0.25) is 0 Å². The summed E-state index contributed by atoms with van der Waals surface area (Å²) in [5, 5.41) is 0. The third-order valence-electron chi connectivity index (χ3n) is 3.34. The van der Waals surface area contributed by atoms with Gasteiger partial charge in [-0.15, -0.1) is 0 Å². The van der Waals surface area contributed by atoms with E-state index in [1.807, 2.05) is 12.3 Å². The zero-order valence-corrected chi connectivity index (χ0v) is 12.9. The van der Waals surface area contributed by atoms with Crippen molar-refractivity contribution in [1.82, 2.24) is 4.98 Å². The third kappa shape index (κ3) is 6.06. The lowest BCUT2D eigenvalue weighted by Gasteiger charge is -2.26. The van der Waals surface area contributed by atoms with E-state index in [4.69, 9.17) is 5.73 Å². The number of nitrogens with zero attached hydrogens (tertiary/aromatic N) is 2. The quantitative estimate of drug-likeness (QED) is 0.781. The first-order valence-corrected chi connectivity index (χ1v) is 7.42. The Bertz CT molecular complexity index is 332. The van der Waals surface area contributed by atoms with Gasteiger partial charge in [-0.3, -0.25) is 4.98 Å². The van der Waals surface area contributed by atoms with Gasteiger partial charge in [-0.2, -0.15) is 0 Å². The molecule has 0 saturated carbocycles. The van der Waals surface area contributed by atoms with Gasteiger partial charge in [-0.05, 0) is 36.8 Å². The third-order valence-corrected chi connectivity index (χ3v) is 3.34. The van der Waals surface area contributed by atoms with E-state index in [1.165, 1.54) is 18.5 Å². The zero-order valence-electron chi connectivity index (χ0n) is 12.9. The van der Waals surface area contributed by atoms with Crippen molar-refractivity contribution in [2.24, 2.45) is 17.6 Å². The number of nitrogens with two attached hydrogens (primary N) is 1. The molecule has 2 N–H and O–H groups in total. The van der Waals surface area contributed by atoms with Gasteiger partial charge in [0, 0.05) is 19.6 Å². The summed E-state index contributed by atoms with van der Waals surface area (Å²) in [4.78, 5) is 6.86. The Morgan fingerprint density at radius 3 is 2.00 bits per heavy atom. The molecule has 1 aromatic rings. The zero-order chi connectivity index (χ0) is 14.3. The molecule has 3 nitrogen and oxygen atoms in total. The van der Waals surface area contributed by atoms with Crippen molar-refractivity contribution >= 4 is 5.69 Å². The van der Waals surface area contributed by atoms with Gasteiger partial charge in [0.25, 0.3) is 0 Å². The fourth-order valence-corrected chi connectivity index (χ4v) is 1.92. The van der Waals surface area contributed by atoms with Crippen LogP contribution in [0.5, 0.6) is 0 Å². The van der Waals surface area contributed by atoms with Gasteiger partial charge in [-0.25, -0.2) is 0 Å². The lowest BCUT2D eigenvalue weighted by molar-refractivity contribution is 0.535. The molecule has 0 atom stereocenters. The van der Waals surface area contributed by atoms with Crippen LogP contribution in [-0.2, 0) is 6.54 Å². The number of rotatable bonds is 8. The number of aromatic nitrogens is 1. The van der Waals surface area contributed by atoms with Gasteiger partial charge < -0.3 is 10.6 Å². The van der Waals surface area contributed by atoms with Crippen LogP contribution >= 0.6 is 0 Å². The minimum absolute atomic E-state index is 0.512. The maximum absolute atomic E-state index is 5.60. The molecule has 3 heteroatoms. The summed E-state index contributed by atoms with van der Waals surface area (Å²) < 4.78 is 0. The Hall–Kier alpha value is -1.09. The molecule has 0 unspecified atom stereocenters. The van der Waals surface area contributed by atoms with Crippen molar-refractivity contribution in [3.63, 3.8) is 0 Å². The van der Waals surface area contributed by atoms with Gasteiger partial charge in [-0.1, -0.05) is 27.7 Å². The molecule has 0 fully saturated rings. The predicted octanol–water partition coefficient (Wildman–Crippen LogP) is 3.44. The average molecular weight is 263 g/mol. The van der Waals surface area contributed by atoms with E-state index in [0.29, 0.717) is 6.54 Å². The lowest BCUT2D eigenvalue weighted by atomic mass is 10.1. The van der Waals surface area contributed by atoms with E-state index in [9.17, 15) is 0 Å². The summed E-state index contributed by atoms with van der Waals surface area (Å²) in [7, 11) is 0. The highest BCUT2D eigenvalue weighted by Gasteiger charge is 2.09. The lowest BCUT2D eigenvalue weighted by Crippen LogP contribution is -2.27. The number of hydrogen-bond donors (Lipinski definition) is 1. The van der Waals surface area contributed by atoms with E-state index >= 15 is 0 Å². The summed E-state index contributed by atoms with van der Waals surface area (Å²) in [5.41, 5.74) is 7.77. The largest absolute Gasteiger partial charge is 0.370 e. The number of pyridine rings is 1. The Balaban J connectivity index is 2.69. The van der Waals surface area contributed by atoms with Crippen LogP contribution in [0.2, 0.25) is 0 Å². The minimum Gasteiger partial charge on any atom is -0.370 e. The molecule has 0 spiro atoms. The summed E-state index contributed by atoms with van der Waals surface area (Å²) in [5.74, 6) is 1.47. The Morgan fingerprint density at radius 1 is 1.05 bits per heavy atom. The SMILES string of the molecule is CC(C)CCN(CCC(C)C)c1ccc(CN)nc1. The fourth-order valence-electron chi connectivity index (χ4n) is 1.92. The summed E-state index contributed by atoms with van der Waals surface area (Å²) in [6.07, 6.45) is 4.40. The monoisotopic (exact) mass is 263 g/mol. The van der Waals surface area contributed by atoms with Gasteiger partial charge >= 0.3 is 0 Å². The molecule has 0 radical (unpaired) electrons. The number of anilines is 1. The van der Waals surface area contributed by atoms with Crippen molar-refractivity contribution < 1.29 is 0 Å². The molecule has 1 aromatic heterocycles. The predicted molar refractivity (Wildman–Crippen MR) is 83.3 cm³/mol. The molecule has 1 rings (SSSR count). The normalized spacial score (nSPS) is 11.3. The van der Waals surface area contributed by atoms with E-state index in [2.05, 4.69) is 43.6 Å². The van der Waals surface area contributed by atoms with Crippen LogP contribution in [0.3, 0.4) is 0 Å². The smallest absolute Gasteiger partial charge is 0.0552 e. The van der Waals surface area contributed by atoms with Gasteiger partial charge in [0.05, 0.1) is 17.6 Å². The standard InChI is InChI=1S/C16H29N3/c1-13(2)7-9-19(10-8-14(3)4)16-6-5-15(11-17)18-12-16/h5-6,12-14H,7-11,17H2,1-4H3. The first-order chi connectivity index (χ1) is 9.02. The highest BCUT2D eigenvalue weighted by Crippen LogP contribution is 2.17. The Kier molecular flexibility index (Phi) is 6.85. The molecule has 0 bridgehead atoms. The highest BCUT2D eigenvalue weighted by molar-refractivity contribution is 5.44. The number of hydrogen-bond acceptors (Lipinski definition) is 3. The van der Waals surface area contributed by atoms with E-state index < -0.39 is 0 Å². The fraction of sp³-hybridized carbons (Fsp3) is 0.688. The van der Waals surface area contributed by atoms with E-state index in [-0.39, 0.29) is 0 Å². The molecular weight excluding hydrogens is 234 g/mol. The second-order valence-electron chi connectivity index (χ2n) is 6.06. The molecule has 0 amide bonds. The van der Waals surface area contributed by atoms with Crippen LogP contribution < -0.4 is 10.6 Å². The first kappa shape index (κ1) is 16.0. The van der Waals surface area contributed by atoms with Crippen molar-refractivity contribution in [1.29, 1.82) is 0 Å². The van der Waals surface area contributed by atoms with Crippen LogP contribution in [0.25, 0.3) is 0 Å². The minimum atomic E-state index is 0.512. The van der Waals surface area contributed by atoms with Crippen molar-refractivity contribution in [2.75, 3.05) is 18.0 Å². The highest BCUT2D eigenvalue weighted by atomic mass is 15.1. The molecular formula is C16H29N3. The van der Waals surface area contributed by atoms with Gasteiger partial charge in [0.15, 0.2) is 0 Å². The molecule has 108 valence electrons. The van der Waals surface area contributed by atoms with Crippen molar-refractivity contribution in [2.45, 2.75) is 47.1 Å². The molecule has 1 heterocycles. The second kappa shape index (κ2) is 8.16. The summed E-state index contributed by atoms with van der Waals surface area (Å²) in [6.45, 7) is 11.8. The molecule has 0 aliphatic heterocycles. The van der Waals surface area contributed by atoms with Crippen LogP contribution in [0, 0.1) is 11.8 Å². The Labute approximate surface area is 118 Å². The van der Waals surface area contributed by atoms with Crippen molar-refractivity contribution in [3.05, 3.63) is 24.0 Å². The first-order valence-electron chi connectivity index (χ1n) is 7.42. The van der Waals surface area contributed by atoms with Gasteiger partial charge in [0.1, 0.15) is 0 Å². The Morgan fingerprint density at radius 2 is 1.63 bits per heavy atom. The van der Waals surface area contributed by atoms with Crippen LogP contribution in [-0.4, -0.2) is 18.1 Å². The van der Waals surface area contributed by atoms with Crippen LogP contribution in [0.1, 0.15) is 46.2 Å². The topological polar surface area (TPSA) is 42.1 Å². The van der Waals surface area contributed by atoms with Crippen LogP contribution in [0.4, 0.5) is 5.69 Å². The second-order valence-corrected chi connectivity index (χ2v) is 6.06. The van der Waals surface area contributed by atoms with Crippen molar-refractivity contribution in [3.8, 4) is 0 Å². The molecule has 0 aliphatic carbocycles.